The molecule has 0 spiro atoms. The molecule has 0 amide bonds. The summed E-state index contributed by atoms with van der Waals surface area (Å²) in [6.07, 6.45) is 3.63. The van der Waals surface area contributed by atoms with Crippen LogP contribution in [0.3, 0.4) is 0 Å². The minimum Gasteiger partial charge on any atom is -0.0891 e. The first-order valence-corrected chi connectivity index (χ1v) is 5.83. The van der Waals surface area contributed by atoms with E-state index in [0.717, 1.165) is 0 Å². The highest BCUT2D eigenvalue weighted by molar-refractivity contribution is 9.09. The molecule has 0 aliphatic heterocycles. The molecular formula is C12H17Br. The quantitative estimate of drug-likeness (QED) is 0.696. The third-order valence-corrected chi connectivity index (χ3v) is 3.42. The Balaban J connectivity index is 2.41. The molecule has 72 valence electrons. The van der Waals surface area contributed by atoms with Crippen molar-refractivity contribution in [2.24, 2.45) is 0 Å². The van der Waals surface area contributed by atoms with E-state index < -0.39 is 0 Å². The zero-order valence-electron chi connectivity index (χ0n) is 8.39. The molecule has 1 rings (SSSR count). The summed E-state index contributed by atoms with van der Waals surface area (Å²) in [6, 6.07) is 8.82. The van der Waals surface area contributed by atoms with Gasteiger partial charge in [0.15, 0.2) is 0 Å². The van der Waals surface area contributed by atoms with E-state index in [0.29, 0.717) is 4.83 Å². The normalized spacial score (nSPS) is 12.8. The van der Waals surface area contributed by atoms with Crippen LogP contribution in [-0.2, 0) is 6.42 Å². The van der Waals surface area contributed by atoms with E-state index in [1.807, 2.05) is 0 Å². The first-order chi connectivity index (χ1) is 6.22. The van der Waals surface area contributed by atoms with Crippen molar-refractivity contribution >= 4 is 15.9 Å². The zero-order chi connectivity index (χ0) is 9.68. The van der Waals surface area contributed by atoms with E-state index in [2.05, 4.69) is 54.0 Å². The third kappa shape index (κ3) is 3.95. The van der Waals surface area contributed by atoms with Gasteiger partial charge in [0.1, 0.15) is 0 Å². The topological polar surface area (TPSA) is 0 Å². The third-order valence-electron chi connectivity index (χ3n) is 2.31. The summed E-state index contributed by atoms with van der Waals surface area (Å²) in [4.78, 5) is 0.675. The Morgan fingerprint density at radius 1 is 1.23 bits per heavy atom. The second kappa shape index (κ2) is 5.43. The summed E-state index contributed by atoms with van der Waals surface area (Å²) in [5, 5.41) is 0. The van der Waals surface area contributed by atoms with Gasteiger partial charge in [-0.25, -0.2) is 0 Å². The van der Waals surface area contributed by atoms with Crippen LogP contribution < -0.4 is 0 Å². The molecule has 0 N–H and O–H groups in total. The van der Waals surface area contributed by atoms with Crippen LogP contribution in [0, 0.1) is 6.92 Å². The Morgan fingerprint density at radius 3 is 2.38 bits per heavy atom. The lowest BCUT2D eigenvalue weighted by Crippen LogP contribution is -1.97. The maximum absolute atomic E-state index is 3.65. The maximum atomic E-state index is 3.65. The molecule has 0 heterocycles. The SMILES string of the molecule is CCC(Br)CCc1ccc(C)cc1. The highest BCUT2D eigenvalue weighted by atomic mass is 79.9. The Labute approximate surface area is 89.5 Å². The lowest BCUT2D eigenvalue weighted by Gasteiger charge is -2.06. The summed E-state index contributed by atoms with van der Waals surface area (Å²) in [5.41, 5.74) is 2.79. The van der Waals surface area contributed by atoms with Crippen LogP contribution in [-0.4, -0.2) is 4.83 Å². The van der Waals surface area contributed by atoms with Gasteiger partial charge in [-0.05, 0) is 31.7 Å². The molecule has 0 bridgehead atoms. The fourth-order valence-electron chi connectivity index (χ4n) is 1.28. The molecule has 1 aromatic rings. The zero-order valence-corrected chi connectivity index (χ0v) is 9.97. The average molecular weight is 241 g/mol. The molecule has 1 atom stereocenters. The Bertz CT molecular complexity index is 238. The lowest BCUT2D eigenvalue weighted by molar-refractivity contribution is 0.746. The number of benzene rings is 1. The molecule has 1 aromatic carbocycles. The minimum atomic E-state index is 0.675. The second-order valence-electron chi connectivity index (χ2n) is 3.53. The van der Waals surface area contributed by atoms with Gasteiger partial charge in [0.2, 0.25) is 0 Å². The highest BCUT2D eigenvalue weighted by Crippen LogP contribution is 2.14. The first-order valence-electron chi connectivity index (χ1n) is 4.92. The average Bonchev–Trinajstić information content (AvgIpc) is 2.16. The van der Waals surface area contributed by atoms with E-state index in [9.17, 15) is 0 Å². The number of alkyl halides is 1. The van der Waals surface area contributed by atoms with Crippen molar-refractivity contribution in [2.45, 2.75) is 37.9 Å². The standard InChI is InChI=1S/C12H17Br/c1-3-12(13)9-8-11-6-4-10(2)5-7-11/h4-7,12H,3,8-9H2,1-2H3. The van der Waals surface area contributed by atoms with Crippen molar-refractivity contribution in [3.63, 3.8) is 0 Å². The molecule has 0 aromatic heterocycles. The molecule has 0 saturated heterocycles. The molecule has 0 fully saturated rings. The lowest BCUT2D eigenvalue weighted by atomic mass is 10.1. The van der Waals surface area contributed by atoms with E-state index in [-0.39, 0.29) is 0 Å². The van der Waals surface area contributed by atoms with Gasteiger partial charge in [0.25, 0.3) is 0 Å². The van der Waals surface area contributed by atoms with Crippen LogP contribution in [0.15, 0.2) is 24.3 Å². The van der Waals surface area contributed by atoms with Crippen LogP contribution in [0.4, 0.5) is 0 Å². The molecule has 13 heavy (non-hydrogen) atoms. The van der Waals surface area contributed by atoms with E-state index in [1.54, 1.807) is 0 Å². The summed E-state index contributed by atoms with van der Waals surface area (Å²) >= 11 is 3.65. The van der Waals surface area contributed by atoms with Crippen molar-refractivity contribution in [3.05, 3.63) is 35.4 Å². The van der Waals surface area contributed by atoms with E-state index in [1.165, 1.54) is 30.4 Å². The monoisotopic (exact) mass is 240 g/mol. The molecule has 0 radical (unpaired) electrons. The summed E-state index contributed by atoms with van der Waals surface area (Å²) in [6.45, 7) is 4.34. The smallest absolute Gasteiger partial charge is 0.0146 e. The van der Waals surface area contributed by atoms with Gasteiger partial charge >= 0.3 is 0 Å². The predicted octanol–water partition coefficient (Wildman–Crippen LogP) is 4.10. The Morgan fingerprint density at radius 2 is 1.85 bits per heavy atom. The molecule has 0 nitrogen and oxygen atoms in total. The van der Waals surface area contributed by atoms with Gasteiger partial charge in [0.05, 0.1) is 0 Å². The number of halogens is 1. The molecule has 1 unspecified atom stereocenters. The molecule has 0 saturated carbocycles. The Hall–Kier alpha value is -0.300. The maximum Gasteiger partial charge on any atom is 0.0146 e. The second-order valence-corrected chi connectivity index (χ2v) is 4.82. The van der Waals surface area contributed by atoms with E-state index in [4.69, 9.17) is 0 Å². The van der Waals surface area contributed by atoms with Gasteiger partial charge in [-0.3, -0.25) is 0 Å². The van der Waals surface area contributed by atoms with Gasteiger partial charge in [-0.15, -0.1) is 0 Å². The molecule has 0 aliphatic rings. The highest BCUT2D eigenvalue weighted by Gasteiger charge is 2.00. The van der Waals surface area contributed by atoms with Crippen LogP contribution in [0.2, 0.25) is 0 Å². The number of hydrogen-bond donors (Lipinski definition) is 0. The first kappa shape index (κ1) is 10.8. The van der Waals surface area contributed by atoms with Crippen molar-refractivity contribution in [2.75, 3.05) is 0 Å². The largest absolute Gasteiger partial charge is 0.0891 e. The van der Waals surface area contributed by atoms with Gasteiger partial charge in [0, 0.05) is 4.83 Å². The fourth-order valence-corrected chi connectivity index (χ4v) is 1.51. The molecule has 1 heteroatoms. The van der Waals surface area contributed by atoms with Crippen molar-refractivity contribution < 1.29 is 0 Å². The molecular weight excluding hydrogens is 224 g/mol. The number of hydrogen-bond acceptors (Lipinski definition) is 0. The fraction of sp³-hybridized carbons (Fsp3) is 0.500. The summed E-state index contributed by atoms with van der Waals surface area (Å²) < 4.78 is 0. The summed E-state index contributed by atoms with van der Waals surface area (Å²) in [7, 11) is 0. The molecule has 0 aliphatic carbocycles. The summed E-state index contributed by atoms with van der Waals surface area (Å²) in [5.74, 6) is 0. The van der Waals surface area contributed by atoms with Crippen molar-refractivity contribution in [1.29, 1.82) is 0 Å². The van der Waals surface area contributed by atoms with Crippen LogP contribution >= 0.6 is 15.9 Å². The van der Waals surface area contributed by atoms with Gasteiger partial charge < -0.3 is 0 Å². The van der Waals surface area contributed by atoms with Crippen molar-refractivity contribution in [3.8, 4) is 0 Å². The van der Waals surface area contributed by atoms with E-state index >= 15 is 0 Å². The van der Waals surface area contributed by atoms with Crippen molar-refractivity contribution in [1.82, 2.24) is 0 Å². The number of aryl methyl sites for hydroxylation is 2. The van der Waals surface area contributed by atoms with Crippen LogP contribution in [0.25, 0.3) is 0 Å². The van der Waals surface area contributed by atoms with Crippen LogP contribution in [0.1, 0.15) is 30.9 Å². The van der Waals surface area contributed by atoms with Gasteiger partial charge in [-0.2, -0.15) is 0 Å². The van der Waals surface area contributed by atoms with Crippen LogP contribution in [0.5, 0.6) is 0 Å². The number of rotatable bonds is 4. The predicted molar refractivity (Wildman–Crippen MR) is 62.5 cm³/mol. The minimum absolute atomic E-state index is 0.675. The van der Waals surface area contributed by atoms with Gasteiger partial charge in [-0.1, -0.05) is 52.7 Å². The Kier molecular flexibility index (Phi) is 4.51.